The Bertz CT molecular complexity index is 240. The number of rotatable bonds is 10. The summed E-state index contributed by atoms with van der Waals surface area (Å²) in [4.78, 5) is 14.1. The van der Waals surface area contributed by atoms with Crippen molar-refractivity contribution in [3.8, 4) is 0 Å². The van der Waals surface area contributed by atoms with E-state index in [-0.39, 0.29) is 12.0 Å². The summed E-state index contributed by atoms with van der Waals surface area (Å²) in [6.07, 6.45) is 3.11. The smallest absolute Gasteiger partial charge is 0.322 e. The molecule has 1 atom stereocenters. The van der Waals surface area contributed by atoms with Crippen molar-refractivity contribution in [2.75, 3.05) is 27.2 Å². The van der Waals surface area contributed by atoms with E-state index in [0.29, 0.717) is 12.0 Å². The molecule has 19 heavy (non-hydrogen) atoms. The number of hydrogen-bond donors (Lipinski definition) is 1. The summed E-state index contributed by atoms with van der Waals surface area (Å²) < 4.78 is 4.81. The molecule has 0 heterocycles. The second-order valence-electron chi connectivity index (χ2n) is 5.51. The highest BCUT2D eigenvalue weighted by atomic mass is 16.5. The minimum absolute atomic E-state index is 0.170. The number of likely N-dealkylation sites (N-methyl/N-ethyl adjacent to an activating group) is 1. The Morgan fingerprint density at radius 2 is 1.84 bits per heavy atom. The molecule has 0 fully saturated rings. The minimum Gasteiger partial charge on any atom is -0.468 e. The van der Waals surface area contributed by atoms with E-state index in [1.54, 1.807) is 0 Å². The van der Waals surface area contributed by atoms with Crippen LogP contribution in [0.4, 0.5) is 0 Å². The highest BCUT2D eigenvalue weighted by Gasteiger charge is 2.21. The molecule has 114 valence electrons. The molecular formula is C15H32N2O2. The van der Waals surface area contributed by atoms with Crippen LogP contribution in [0, 0.1) is 5.92 Å². The zero-order valence-electron chi connectivity index (χ0n) is 13.5. The van der Waals surface area contributed by atoms with Gasteiger partial charge in [-0.2, -0.15) is 0 Å². The standard InChI is InChI=1S/C15H32N2O2/c1-7-13(8-2)17(11-12(3)4)10-9-14(16-5)15(18)19-6/h12-14,16H,7-11H2,1-6H3. The molecule has 0 aliphatic carbocycles. The summed E-state index contributed by atoms with van der Waals surface area (Å²) in [6.45, 7) is 11.0. The van der Waals surface area contributed by atoms with Crippen LogP contribution in [0.25, 0.3) is 0 Å². The molecule has 0 saturated heterocycles. The van der Waals surface area contributed by atoms with Gasteiger partial charge in [-0.05, 0) is 32.2 Å². The number of carbonyl (C=O) groups is 1. The van der Waals surface area contributed by atoms with Gasteiger partial charge in [0.05, 0.1) is 7.11 Å². The zero-order valence-corrected chi connectivity index (χ0v) is 13.5. The average molecular weight is 272 g/mol. The third-order valence-electron chi connectivity index (χ3n) is 3.60. The van der Waals surface area contributed by atoms with E-state index in [0.717, 1.165) is 32.4 Å². The average Bonchev–Trinajstić information content (AvgIpc) is 2.39. The Morgan fingerprint density at radius 1 is 1.26 bits per heavy atom. The van der Waals surface area contributed by atoms with E-state index < -0.39 is 0 Å². The van der Waals surface area contributed by atoms with Gasteiger partial charge in [0.15, 0.2) is 0 Å². The van der Waals surface area contributed by atoms with Crippen molar-refractivity contribution >= 4 is 5.97 Å². The summed E-state index contributed by atoms with van der Waals surface area (Å²) >= 11 is 0. The van der Waals surface area contributed by atoms with Crippen molar-refractivity contribution in [1.29, 1.82) is 0 Å². The number of carbonyl (C=O) groups excluding carboxylic acids is 1. The minimum atomic E-state index is -0.200. The molecule has 0 spiro atoms. The first-order valence-corrected chi connectivity index (χ1v) is 7.49. The molecule has 0 saturated carbocycles. The number of esters is 1. The number of nitrogens with one attached hydrogen (secondary N) is 1. The van der Waals surface area contributed by atoms with Crippen LogP contribution in [0.5, 0.6) is 0 Å². The van der Waals surface area contributed by atoms with Gasteiger partial charge >= 0.3 is 5.97 Å². The number of ether oxygens (including phenoxy) is 1. The van der Waals surface area contributed by atoms with Gasteiger partial charge in [0.2, 0.25) is 0 Å². The van der Waals surface area contributed by atoms with Gasteiger partial charge in [0.1, 0.15) is 6.04 Å². The van der Waals surface area contributed by atoms with Crippen LogP contribution in [-0.4, -0.2) is 50.2 Å². The first kappa shape index (κ1) is 18.4. The number of hydrogen-bond acceptors (Lipinski definition) is 4. The summed E-state index contributed by atoms with van der Waals surface area (Å²) in [7, 11) is 3.25. The largest absolute Gasteiger partial charge is 0.468 e. The zero-order chi connectivity index (χ0) is 14.8. The highest BCUT2D eigenvalue weighted by Crippen LogP contribution is 2.13. The van der Waals surface area contributed by atoms with E-state index in [1.165, 1.54) is 7.11 Å². The second kappa shape index (κ2) is 10.2. The normalized spacial score (nSPS) is 13.3. The molecule has 0 rings (SSSR count). The predicted molar refractivity (Wildman–Crippen MR) is 80.3 cm³/mol. The summed E-state index contributed by atoms with van der Waals surface area (Å²) in [5, 5.41) is 3.04. The fraction of sp³-hybridized carbons (Fsp3) is 0.933. The van der Waals surface area contributed by atoms with Gasteiger partial charge in [-0.3, -0.25) is 4.79 Å². The Hall–Kier alpha value is -0.610. The molecule has 0 amide bonds. The molecule has 4 heteroatoms. The summed E-state index contributed by atoms with van der Waals surface area (Å²) in [6, 6.07) is 0.409. The quantitative estimate of drug-likeness (QED) is 0.620. The van der Waals surface area contributed by atoms with Crippen LogP contribution in [0.1, 0.15) is 47.0 Å². The Morgan fingerprint density at radius 3 is 2.21 bits per heavy atom. The molecule has 0 aromatic heterocycles. The maximum Gasteiger partial charge on any atom is 0.322 e. The van der Waals surface area contributed by atoms with Crippen molar-refractivity contribution in [2.24, 2.45) is 5.92 Å². The monoisotopic (exact) mass is 272 g/mol. The van der Waals surface area contributed by atoms with E-state index in [1.807, 2.05) is 7.05 Å². The van der Waals surface area contributed by atoms with Gasteiger partial charge in [-0.1, -0.05) is 27.7 Å². The molecule has 0 radical (unpaired) electrons. The van der Waals surface area contributed by atoms with Gasteiger partial charge in [-0.15, -0.1) is 0 Å². The van der Waals surface area contributed by atoms with Crippen molar-refractivity contribution in [1.82, 2.24) is 10.2 Å². The molecule has 1 N–H and O–H groups in total. The Kier molecular flexibility index (Phi) is 9.88. The molecule has 0 bridgehead atoms. The van der Waals surface area contributed by atoms with E-state index in [2.05, 4.69) is 37.9 Å². The topological polar surface area (TPSA) is 41.6 Å². The molecule has 0 aliphatic heterocycles. The van der Waals surface area contributed by atoms with Gasteiger partial charge in [-0.25, -0.2) is 0 Å². The molecule has 0 aliphatic rings. The van der Waals surface area contributed by atoms with Crippen molar-refractivity contribution < 1.29 is 9.53 Å². The fourth-order valence-electron chi connectivity index (χ4n) is 2.51. The SMILES string of the molecule is CCC(CC)N(CCC(NC)C(=O)OC)CC(C)C. The number of methoxy groups -OCH3 is 1. The summed E-state index contributed by atoms with van der Waals surface area (Å²) in [5.41, 5.74) is 0. The number of nitrogens with zero attached hydrogens (tertiary/aromatic N) is 1. The summed E-state index contributed by atoms with van der Waals surface area (Å²) in [5.74, 6) is 0.475. The first-order valence-electron chi connectivity index (χ1n) is 7.49. The van der Waals surface area contributed by atoms with Crippen molar-refractivity contribution in [3.63, 3.8) is 0 Å². The van der Waals surface area contributed by atoms with Crippen LogP contribution in [0.2, 0.25) is 0 Å². The van der Waals surface area contributed by atoms with Crippen LogP contribution in [-0.2, 0) is 9.53 Å². The Balaban J connectivity index is 4.50. The van der Waals surface area contributed by atoms with Crippen molar-refractivity contribution in [2.45, 2.75) is 59.0 Å². The molecule has 1 unspecified atom stereocenters. The van der Waals surface area contributed by atoms with Crippen LogP contribution >= 0.6 is 0 Å². The lowest BCUT2D eigenvalue weighted by Gasteiger charge is -2.32. The van der Waals surface area contributed by atoms with Gasteiger partial charge in [0, 0.05) is 19.1 Å². The van der Waals surface area contributed by atoms with Gasteiger partial charge in [0.25, 0.3) is 0 Å². The first-order chi connectivity index (χ1) is 8.99. The second-order valence-corrected chi connectivity index (χ2v) is 5.51. The van der Waals surface area contributed by atoms with Crippen LogP contribution in [0.15, 0.2) is 0 Å². The maximum absolute atomic E-state index is 11.6. The third-order valence-corrected chi connectivity index (χ3v) is 3.60. The van der Waals surface area contributed by atoms with Crippen LogP contribution in [0.3, 0.4) is 0 Å². The van der Waals surface area contributed by atoms with E-state index in [9.17, 15) is 4.79 Å². The predicted octanol–water partition coefficient (Wildman–Crippen LogP) is 2.28. The van der Waals surface area contributed by atoms with Crippen LogP contribution < -0.4 is 5.32 Å². The lowest BCUT2D eigenvalue weighted by Crippen LogP contribution is -2.43. The lowest BCUT2D eigenvalue weighted by atomic mass is 10.1. The molecule has 0 aromatic rings. The molecular weight excluding hydrogens is 240 g/mol. The van der Waals surface area contributed by atoms with E-state index in [4.69, 9.17) is 4.74 Å². The maximum atomic E-state index is 11.6. The third kappa shape index (κ3) is 6.92. The fourth-order valence-corrected chi connectivity index (χ4v) is 2.51. The molecule has 4 nitrogen and oxygen atoms in total. The Labute approximate surface area is 118 Å². The van der Waals surface area contributed by atoms with Crippen molar-refractivity contribution in [3.05, 3.63) is 0 Å². The highest BCUT2D eigenvalue weighted by molar-refractivity contribution is 5.75. The molecule has 0 aromatic carbocycles. The van der Waals surface area contributed by atoms with Gasteiger partial charge < -0.3 is 15.0 Å². The van der Waals surface area contributed by atoms with E-state index >= 15 is 0 Å². The lowest BCUT2D eigenvalue weighted by molar-refractivity contribution is -0.143.